The molecule has 0 bridgehead atoms. The zero-order valence-electron chi connectivity index (χ0n) is 17.1. The Kier molecular flexibility index (Phi) is 5.22. The fourth-order valence-electron chi connectivity index (χ4n) is 3.25. The zero-order valence-corrected chi connectivity index (χ0v) is 17.9. The van der Waals surface area contributed by atoms with Crippen LogP contribution in [-0.2, 0) is 4.79 Å². The third-order valence-corrected chi connectivity index (χ3v) is 5.35. The fourth-order valence-corrected chi connectivity index (χ4v) is 3.88. The molecule has 8 nitrogen and oxygen atoms in total. The Morgan fingerprint density at radius 3 is 2.38 bits per heavy atom. The van der Waals surface area contributed by atoms with Gasteiger partial charge in [-0.3, -0.25) is 9.36 Å². The molecule has 5 rings (SSSR count). The van der Waals surface area contributed by atoms with Gasteiger partial charge in [-0.25, -0.2) is 4.98 Å². The summed E-state index contributed by atoms with van der Waals surface area (Å²) in [7, 11) is 0. The van der Waals surface area contributed by atoms with Crippen molar-refractivity contribution in [1.82, 2.24) is 19.5 Å². The van der Waals surface area contributed by atoms with Gasteiger partial charge in [-0.05, 0) is 47.8 Å². The normalized spacial score (nSPS) is 10.8. The van der Waals surface area contributed by atoms with Gasteiger partial charge in [0, 0.05) is 29.4 Å². The van der Waals surface area contributed by atoms with Crippen molar-refractivity contribution >= 4 is 57.2 Å². The monoisotopic (exact) mass is 441 g/mol. The molecule has 0 saturated carbocycles. The minimum atomic E-state index is -0.112. The van der Waals surface area contributed by atoms with E-state index in [9.17, 15) is 4.79 Å². The first-order chi connectivity index (χ1) is 15.7. The first-order valence-corrected chi connectivity index (χ1v) is 10.8. The highest BCUT2D eigenvalue weighted by Gasteiger charge is 2.15. The molecule has 0 fully saturated rings. The molecule has 0 aliphatic heterocycles. The Hall–Kier alpha value is -4.24. The second-order valence-electron chi connectivity index (χ2n) is 7.04. The van der Waals surface area contributed by atoms with E-state index in [0.717, 1.165) is 22.7 Å². The lowest BCUT2D eigenvalue weighted by atomic mass is 10.2. The summed E-state index contributed by atoms with van der Waals surface area (Å²) in [6.07, 6.45) is 1.75. The topological polar surface area (TPSA) is 96.8 Å². The first kappa shape index (κ1) is 19.7. The molecule has 3 heterocycles. The van der Waals surface area contributed by atoms with Crippen molar-refractivity contribution in [3.8, 4) is 5.69 Å². The molecule has 1 amide bonds. The number of amides is 1. The predicted octanol–water partition coefficient (Wildman–Crippen LogP) is 5.32. The van der Waals surface area contributed by atoms with Crippen LogP contribution >= 0.6 is 11.3 Å². The van der Waals surface area contributed by atoms with Crippen molar-refractivity contribution in [2.24, 2.45) is 0 Å². The van der Waals surface area contributed by atoms with Gasteiger partial charge in [0.15, 0.2) is 17.0 Å². The van der Waals surface area contributed by atoms with Gasteiger partial charge in [0.05, 0.1) is 5.69 Å². The summed E-state index contributed by atoms with van der Waals surface area (Å²) in [5.41, 5.74) is 4.76. The molecule has 5 aromatic rings. The molecule has 0 atom stereocenters. The van der Waals surface area contributed by atoms with E-state index in [-0.39, 0.29) is 5.91 Å². The summed E-state index contributed by atoms with van der Waals surface area (Å²) in [6.45, 7) is 1.48. The van der Waals surface area contributed by atoms with Gasteiger partial charge in [0.2, 0.25) is 11.9 Å². The molecule has 3 N–H and O–H groups in total. The maximum Gasteiger partial charge on any atom is 0.231 e. The average molecular weight is 442 g/mol. The Morgan fingerprint density at radius 2 is 1.66 bits per heavy atom. The number of hydrogen-bond donors (Lipinski definition) is 3. The summed E-state index contributed by atoms with van der Waals surface area (Å²) < 4.78 is 1.94. The molecule has 0 spiro atoms. The molecule has 3 aromatic heterocycles. The van der Waals surface area contributed by atoms with Crippen molar-refractivity contribution in [2.45, 2.75) is 6.92 Å². The third kappa shape index (κ3) is 4.14. The summed E-state index contributed by atoms with van der Waals surface area (Å²) in [5, 5.41) is 13.4. The van der Waals surface area contributed by atoms with Gasteiger partial charge in [0.25, 0.3) is 0 Å². The van der Waals surface area contributed by atoms with E-state index in [4.69, 9.17) is 4.98 Å². The molecule has 0 saturated heterocycles. The minimum absolute atomic E-state index is 0.112. The largest absolute Gasteiger partial charge is 0.338 e. The molecule has 0 unspecified atom stereocenters. The van der Waals surface area contributed by atoms with Crippen molar-refractivity contribution in [3.05, 3.63) is 77.8 Å². The highest BCUT2D eigenvalue weighted by Crippen LogP contribution is 2.28. The van der Waals surface area contributed by atoms with Crippen LogP contribution in [0.2, 0.25) is 0 Å². The summed E-state index contributed by atoms with van der Waals surface area (Å²) in [4.78, 5) is 25.2. The third-order valence-electron chi connectivity index (χ3n) is 4.68. The van der Waals surface area contributed by atoms with E-state index in [1.54, 1.807) is 17.7 Å². The number of rotatable bonds is 6. The summed E-state index contributed by atoms with van der Waals surface area (Å²) in [5.74, 6) is 0.923. The SMILES string of the molecule is CC(=O)Nc1ccc(Nc2nc(Nc3ccccc3)nc3c2ncn3-c2ccsc2)cc1. The maximum absolute atomic E-state index is 11.3. The number of thiophene rings is 1. The maximum atomic E-state index is 11.3. The van der Waals surface area contributed by atoms with Crippen LogP contribution in [0.3, 0.4) is 0 Å². The number of fused-ring (bicyclic) bond motifs is 1. The van der Waals surface area contributed by atoms with Crippen molar-refractivity contribution < 1.29 is 4.79 Å². The molecule has 0 aliphatic carbocycles. The first-order valence-electron chi connectivity index (χ1n) is 9.90. The molecule has 9 heteroatoms. The number of imidazole rings is 1. The van der Waals surface area contributed by atoms with Gasteiger partial charge < -0.3 is 16.0 Å². The van der Waals surface area contributed by atoms with E-state index in [2.05, 4.69) is 25.9 Å². The molecule has 158 valence electrons. The van der Waals surface area contributed by atoms with Crippen LogP contribution in [0.25, 0.3) is 16.9 Å². The van der Waals surface area contributed by atoms with Crippen LogP contribution in [0.15, 0.2) is 77.8 Å². The number of nitrogens with zero attached hydrogens (tertiary/aromatic N) is 4. The summed E-state index contributed by atoms with van der Waals surface area (Å²) in [6, 6.07) is 19.2. The van der Waals surface area contributed by atoms with E-state index in [1.807, 2.05) is 76.0 Å². The van der Waals surface area contributed by atoms with Crippen LogP contribution in [0.4, 0.5) is 28.8 Å². The Morgan fingerprint density at radius 1 is 0.906 bits per heavy atom. The standard InChI is InChI=1S/C23H19N7OS/c1-15(31)25-17-7-9-18(10-8-17)26-21-20-22(30(14-24-20)19-11-12-32-13-19)29-23(28-21)27-16-5-3-2-4-6-16/h2-14H,1H3,(H,25,31)(H2,26,27,28,29). The highest BCUT2D eigenvalue weighted by atomic mass is 32.1. The van der Waals surface area contributed by atoms with Crippen molar-refractivity contribution in [3.63, 3.8) is 0 Å². The Balaban J connectivity index is 1.55. The minimum Gasteiger partial charge on any atom is -0.338 e. The van der Waals surface area contributed by atoms with Gasteiger partial charge >= 0.3 is 0 Å². The zero-order chi connectivity index (χ0) is 21.9. The second-order valence-corrected chi connectivity index (χ2v) is 7.82. The lowest BCUT2D eigenvalue weighted by Crippen LogP contribution is -2.06. The Bertz CT molecular complexity index is 1360. The molecule has 2 aromatic carbocycles. The number of aromatic nitrogens is 4. The fraction of sp³-hybridized carbons (Fsp3) is 0.0435. The summed E-state index contributed by atoms with van der Waals surface area (Å²) >= 11 is 1.61. The quantitative estimate of drug-likeness (QED) is 0.330. The van der Waals surface area contributed by atoms with E-state index >= 15 is 0 Å². The van der Waals surface area contributed by atoms with Crippen LogP contribution in [-0.4, -0.2) is 25.4 Å². The van der Waals surface area contributed by atoms with Crippen LogP contribution < -0.4 is 16.0 Å². The second kappa shape index (κ2) is 8.48. The lowest BCUT2D eigenvalue weighted by Gasteiger charge is -2.11. The number of benzene rings is 2. The van der Waals surface area contributed by atoms with Crippen LogP contribution in [0, 0.1) is 0 Å². The van der Waals surface area contributed by atoms with Gasteiger partial charge in [-0.15, -0.1) is 0 Å². The number of hydrogen-bond acceptors (Lipinski definition) is 7. The van der Waals surface area contributed by atoms with E-state index in [0.29, 0.717) is 22.9 Å². The number of carbonyl (C=O) groups excluding carboxylic acids is 1. The van der Waals surface area contributed by atoms with Crippen LogP contribution in [0.5, 0.6) is 0 Å². The molecule has 32 heavy (non-hydrogen) atoms. The number of para-hydroxylation sites is 1. The van der Waals surface area contributed by atoms with Crippen LogP contribution in [0.1, 0.15) is 6.92 Å². The number of anilines is 5. The smallest absolute Gasteiger partial charge is 0.231 e. The molecular weight excluding hydrogens is 422 g/mol. The van der Waals surface area contributed by atoms with Gasteiger partial charge in [-0.1, -0.05) is 18.2 Å². The van der Waals surface area contributed by atoms with E-state index in [1.165, 1.54) is 6.92 Å². The average Bonchev–Trinajstić information content (AvgIpc) is 3.45. The number of carbonyl (C=O) groups is 1. The molecule has 0 aliphatic rings. The predicted molar refractivity (Wildman–Crippen MR) is 128 cm³/mol. The van der Waals surface area contributed by atoms with Crippen molar-refractivity contribution in [1.29, 1.82) is 0 Å². The van der Waals surface area contributed by atoms with Gasteiger partial charge in [0.1, 0.15) is 6.33 Å². The van der Waals surface area contributed by atoms with E-state index < -0.39 is 0 Å². The molecular formula is C23H19N7OS. The Labute approximate surface area is 188 Å². The highest BCUT2D eigenvalue weighted by molar-refractivity contribution is 7.08. The molecule has 0 radical (unpaired) electrons. The number of nitrogens with one attached hydrogen (secondary N) is 3. The van der Waals surface area contributed by atoms with Gasteiger partial charge in [-0.2, -0.15) is 21.3 Å². The lowest BCUT2D eigenvalue weighted by molar-refractivity contribution is -0.114. The van der Waals surface area contributed by atoms with Crippen molar-refractivity contribution in [2.75, 3.05) is 16.0 Å².